The van der Waals surface area contributed by atoms with E-state index in [1.54, 1.807) is 40.1 Å². The number of piperazine rings is 1. The minimum atomic E-state index is -3.30. The van der Waals surface area contributed by atoms with Gasteiger partial charge in [0.25, 0.3) is 0 Å². The Balaban J connectivity index is 0.753. The van der Waals surface area contributed by atoms with E-state index < -0.39 is 33.4 Å². The van der Waals surface area contributed by atoms with Crippen molar-refractivity contribution in [1.29, 1.82) is 0 Å². The van der Waals surface area contributed by atoms with Crippen LogP contribution in [0.4, 0.5) is 17.3 Å². The molecule has 8 rings (SSSR count). The van der Waals surface area contributed by atoms with Crippen LogP contribution in [0.3, 0.4) is 0 Å². The summed E-state index contributed by atoms with van der Waals surface area (Å²) in [6.07, 6.45) is 6.24. The van der Waals surface area contributed by atoms with Crippen molar-refractivity contribution in [2.45, 2.75) is 102 Å². The van der Waals surface area contributed by atoms with Gasteiger partial charge in [-0.1, -0.05) is 76.1 Å². The number of unbranched alkanes of at least 4 members (excludes halogenated alkanes) is 3. The largest absolute Gasteiger partial charge is 0.391 e. The van der Waals surface area contributed by atoms with Gasteiger partial charge in [0.2, 0.25) is 23.7 Å². The molecule has 18 heteroatoms. The van der Waals surface area contributed by atoms with E-state index in [-0.39, 0.29) is 41.6 Å². The Morgan fingerprint density at radius 2 is 1.61 bits per heavy atom. The molecule has 3 aromatic carbocycles. The molecule has 3 amide bonds. The van der Waals surface area contributed by atoms with Crippen LogP contribution in [0.15, 0.2) is 102 Å². The molecule has 376 valence electrons. The highest BCUT2D eigenvalue weighted by Crippen LogP contribution is 2.31. The number of carbonyl (C=O) groups is 3. The van der Waals surface area contributed by atoms with Crippen molar-refractivity contribution in [3.8, 4) is 21.6 Å². The number of aliphatic hydroxyl groups excluding tert-OH is 1. The number of pyridine rings is 1. The molecule has 0 spiro atoms. The van der Waals surface area contributed by atoms with Gasteiger partial charge >= 0.3 is 0 Å². The lowest BCUT2D eigenvalue weighted by atomic mass is 9.85. The highest BCUT2D eigenvalue weighted by atomic mass is 32.2. The molecular formula is C53H66N10O6S2. The molecular weight excluding hydrogens is 937 g/mol. The van der Waals surface area contributed by atoms with Crippen LogP contribution in [0, 0.1) is 12.3 Å². The van der Waals surface area contributed by atoms with Gasteiger partial charge in [0, 0.05) is 75.0 Å². The molecule has 4 atom stereocenters. The first kappa shape index (κ1) is 51.2. The van der Waals surface area contributed by atoms with Gasteiger partial charge in [-0.05, 0) is 97.8 Å². The van der Waals surface area contributed by atoms with Gasteiger partial charge in [0.1, 0.15) is 12.1 Å². The smallest absolute Gasteiger partial charge is 0.247 e. The van der Waals surface area contributed by atoms with Gasteiger partial charge in [-0.15, -0.1) is 16.4 Å². The number of sulfone groups is 1. The van der Waals surface area contributed by atoms with Crippen molar-refractivity contribution >= 4 is 61.9 Å². The summed E-state index contributed by atoms with van der Waals surface area (Å²) in [4.78, 5) is 58.0. The molecule has 0 aliphatic carbocycles. The Bertz CT molecular complexity index is 2930. The number of carbonyl (C=O) groups excluding carboxylic acids is 3. The number of anilines is 3. The van der Waals surface area contributed by atoms with Crippen molar-refractivity contribution in [2.75, 3.05) is 55.7 Å². The molecule has 4 N–H and O–H groups in total. The van der Waals surface area contributed by atoms with E-state index in [9.17, 15) is 27.9 Å². The van der Waals surface area contributed by atoms with E-state index >= 15 is 0 Å². The molecule has 0 radical (unpaired) electrons. The lowest BCUT2D eigenvalue weighted by Gasteiger charge is -2.36. The number of likely N-dealkylation sites (tertiary alicyclic amines) is 1. The quantitative estimate of drug-likeness (QED) is 0.0624. The average Bonchev–Trinajstić information content (AvgIpc) is 4.09. The van der Waals surface area contributed by atoms with Crippen LogP contribution in [0.2, 0.25) is 0 Å². The van der Waals surface area contributed by atoms with Gasteiger partial charge in [-0.3, -0.25) is 19.3 Å². The molecule has 5 heterocycles. The SMILES string of the molecule is Cc1ncsc1-c1ccc([C@H](C)NC(=O)[C@@H]2C[C@@H](O)CN2C(=O)[C@@H](NC(=O)CCCCCCN2CCN(c3cccc(Nc4nc5c(-c6ccc(S(C)(=O)=O)cc6)cccn5n4)c3)CC2)C(C)(C)C)cc1. The Labute approximate surface area is 420 Å². The number of hydrogen-bond donors (Lipinski definition) is 4. The molecule has 0 unspecified atom stereocenters. The van der Waals surface area contributed by atoms with Crippen molar-refractivity contribution in [1.82, 2.24) is 40.0 Å². The first-order valence-electron chi connectivity index (χ1n) is 24.5. The summed E-state index contributed by atoms with van der Waals surface area (Å²) in [6, 6.07) is 24.8. The van der Waals surface area contributed by atoms with Crippen LogP contribution in [0.5, 0.6) is 0 Å². The molecule has 2 fully saturated rings. The molecule has 0 bridgehead atoms. The van der Waals surface area contributed by atoms with Crippen LogP contribution in [-0.4, -0.2) is 124 Å². The minimum absolute atomic E-state index is 0.0259. The van der Waals surface area contributed by atoms with E-state index in [2.05, 4.69) is 48.0 Å². The number of fused-ring (bicyclic) bond motifs is 1. The zero-order valence-corrected chi connectivity index (χ0v) is 43.1. The molecule has 2 saturated heterocycles. The zero-order valence-electron chi connectivity index (χ0n) is 41.5. The van der Waals surface area contributed by atoms with Gasteiger partial charge in [-0.25, -0.2) is 17.9 Å². The first-order chi connectivity index (χ1) is 33.9. The zero-order chi connectivity index (χ0) is 50.5. The maximum atomic E-state index is 14.2. The maximum Gasteiger partial charge on any atom is 0.247 e. The second-order valence-electron chi connectivity index (χ2n) is 20.0. The van der Waals surface area contributed by atoms with Gasteiger partial charge in [-0.2, -0.15) is 4.98 Å². The Kier molecular flexibility index (Phi) is 15.9. The fraction of sp³-hybridized carbons (Fsp3) is 0.434. The van der Waals surface area contributed by atoms with Gasteiger partial charge < -0.3 is 30.9 Å². The molecule has 0 saturated carbocycles. The monoisotopic (exact) mass is 1000 g/mol. The third-order valence-corrected chi connectivity index (χ3v) is 15.6. The summed E-state index contributed by atoms with van der Waals surface area (Å²) in [6.45, 7) is 14.3. The third kappa shape index (κ3) is 12.6. The Morgan fingerprint density at radius 3 is 2.30 bits per heavy atom. The van der Waals surface area contributed by atoms with Gasteiger partial charge in [0.05, 0.1) is 33.1 Å². The number of aromatic nitrogens is 4. The van der Waals surface area contributed by atoms with Crippen molar-refractivity contribution in [3.63, 3.8) is 0 Å². The number of hydrogen-bond acceptors (Lipinski definition) is 13. The number of rotatable bonds is 18. The van der Waals surface area contributed by atoms with Crippen molar-refractivity contribution in [3.05, 3.63) is 108 Å². The van der Waals surface area contributed by atoms with Crippen molar-refractivity contribution < 1.29 is 27.9 Å². The van der Waals surface area contributed by atoms with Gasteiger partial charge in [0.15, 0.2) is 15.5 Å². The van der Waals surface area contributed by atoms with Crippen LogP contribution < -0.4 is 20.9 Å². The van der Waals surface area contributed by atoms with Crippen molar-refractivity contribution in [2.24, 2.45) is 5.41 Å². The summed E-state index contributed by atoms with van der Waals surface area (Å²) >= 11 is 1.58. The first-order valence-corrected chi connectivity index (χ1v) is 27.3. The maximum absolute atomic E-state index is 14.2. The summed E-state index contributed by atoms with van der Waals surface area (Å²) in [5.41, 5.74) is 8.49. The predicted molar refractivity (Wildman–Crippen MR) is 279 cm³/mol. The number of β-amino-alcohol motifs (C(OH)–C–C–N with tert-alkyl or cyclic N) is 1. The van der Waals surface area contributed by atoms with Crippen LogP contribution in [-0.2, 0) is 24.2 Å². The number of benzene rings is 3. The molecule has 71 heavy (non-hydrogen) atoms. The summed E-state index contributed by atoms with van der Waals surface area (Å²) in [7, 11) is -3.30. The average molecular weight is 1000 g/mol. The number of nitrogens with zero attached hydrogens (tertiary/aromatic N) is 7. The fourth-order valence-corrected chi connectivity index (χ4v) is 10.9. The topological polar surface area (TPSA) is 194 Å². The summed E-state index contributed by atoms with van der Waals surface area (Å²) < 4.78 is 25.7. The number of aryl methyl sites for hydroxylation is 1. The third-order valence-electron chi connectivity index (χ3n) is 13.5. The Hall–Kier alpha value is -6.21. The Morgan fingerprint density at radius 1 is 0.887 bits per heavy atom. The highest BCUT2D eigenvalue weighted by molar-refractivity contribution is 7.90. The molecule has 16 nitrogen and oxygen atoms in total. The van der Waals surface area contributed by atoms with E-state index in [0.717, 1.165) is 96.2 Å². The molecule has 2 aliphatic rings. The molecule has 6 aromatic rings. The highest BCUT2D eigenvalue weighted by Gasteiger charge is 2.44. The number of nitrogens with one attached hydrogen (secondary N) is 3. The summed E-state index contributed by atoms with van der Waals surface area (Å²) in [5, 5.41) is 24.8. The van der Waals surface area contributed by atoms with E-state index in [1.807, 2.05) is 94.9 Å². The molecule has 2 aliphatic heterocycles. The van der Waals surface area contributed by atoms with Crippen LogP contribution >= 0.6 is 11.3 Å². The van der Waals surface area contributed by atoms with Crippen LogP contribution in [0.25, 0.3) is 27.2 Å². The summed E-state index contributed by atoms with van der Waals surface area (Å²) in [5.74, 6) is -0.433. The fourth-order valence-electron chi connectivity index (χ4n) is 9.43. The van der Waals surface area contributed by atoms with E-state index in [4.69, 9.17) is 4.98 Å². The second kappa shape index (κ2) is 22.1. The van der Waals surface area contributed by atoms with E-state index in [1.165, 1.54) is 11.2 Å². The normalized spacial score (nSPS) is 17.6. The number of amides is 3. The lowest BCUT2D eigenvalue weighted by Crippen LogP contribution is -2.57. The van der Waals surface area contributed by atoms with E-state index in [0.29, 0.717) is 24.4 Å². The minimum Gasteiger partial charge on any atom is -0.391 e. The number of thiazole rings is 1. The lowest BCUT2D eigenvalue weighted by molar-refractivity contribution is -0.144. The molecule has 3 aromatic heterocycles. The predicted octanol–water partition coefficient (Wildman–Crippen LogP) is 7.42. The second-order valence-corrected chi connectivity index (χ2v) is 22.8. The van der Waals surface area contributed by atoms with Crippen LogP contribution in [0.1, 0.15) is 83.5 Å². The number of aliphatic hydroxyl groups is 1. The standard InChI is InChI=1S/C53H66N10O6S2/c1-35(37-17-19-39(20-18-37)47-36(2)54-34-70-47)55-50(66)45-32-42(64)33-62(45)51(67)48(53(3,4)5)57-46(65)16-9-7-8-10-25-60-27-29-61(30-28-60)41-14-11-13-40(31-41)56-52-58-49-44(15-12-26-63(49)59-52)38-21-23-43(24-22-38)71(6,68)69/h11-15,17-24,26,31,34-35,42,45,48,64H,7-10,16,25,27-30,32-33H2,1-6H3,(H,55,66)(H,56,59)(H,57,65)/t35-,42+,45-,48+/m0/s1.